The topological polar surface area (TPSA) is 161 Å². The fourth-order valence-corrected chi connectivity index (χ4v) is 2.27. The third-order valence-electron chi connectivity index (χ3n) is 3.31. The molecule has 4 amide bonds. The lowest BCUT2D eigenvalue weighted by Crippen LogP contribution is -2.24. The van der Waals surface area contributed by atoms with Crippen molar-refractivity contribution in [1.82, 2.24) is 20.8 Å². The molecular formula is C16H14N8O2. The Morgan fingerprint density at radius 2 is 1.15 bits per heavy atom. The maximum Gasteiger partial charge on any atom is 0.332 e. The Bertz CT molecular complexity index is 976. The largest absolute Gasteiger partial charge is 0.350 e. The van der Waals surface area contributed by atoms with Crippen LogP contribution in [0.5, 0.6) is 0 Å². The minimum Gasteiger partial charge on any atom is -0.350 e. The predicted octanol–water partition coefficient (Wildman–Crippen LogP) is 0.787. The molecule has 2 aromatic heterocycles. The van der Waals surface area contributed by atoms with E-state index < -0.39 is 12.1 Å². The van der Waals surface area contributed by atoms with E-state index in [-0.39, 0.29) is 0 Å². The SMILES string of the molecule is NC(=O)N/N=C/c1ccc2ccc3ccc(/C=N/NC(N)=O)nc3c2n1. The first-order chi connectivity index (χ1) is 12.5. The first-order valence-electron chi connectivity index (χ1n) is 7.40. The van der Waals surface area contributed by atoms with Gasteiger partial charge in [0.05, 0.1) is 34.9 Å². The molecule has 130 valence electrons. The van der Waals surface area contributed by atoms with Gasteiger partial charge in [0.25, 0.3) is 0 Å². The average Bonchev–Trinajstić information content (AvgIpc) is 2.61. The zero-order valence-electron chi connectivity index (χ0n) is 13.4. The van der Waals surface area contributed by atoms with Crippen LogP contribution in [0.2, 0.25) is 0 Å². The summed E-state index contributed by atoms with van der Waals surface area (Å²) in [5.74, 6) is 0. The van der Waals surface area contributed by atoms with Gasteiger partial charge < -0.3 is 11.5 Å². The normalized spacial score (nSPS) is 11.4. The van der Waals surface area contributed by atoms with Crippen LogP contribution in [-0.4, -0.2) is 34.5 Å². The van der Waals surface area contributed by atoms with E-state index in [4.69, 9.17) is 11.5 Å². The molecule has 0 saturated heterocycles. The summed E-state index contributed by atoms with van der Waals surface area (Å²) in [4.78, 5) is 30.3. The number of aromatic nitrogens is 2. The molecule has 26 heavy (non-hydrogen) atoms. The zero-order chi connectivity index (χ0) is 18.5. The van der Waals surface area contributed by atoms with Crippen molar-refractivity contribution < 1.29 is 9.59 Å². The second-order valence-electron chi connectivity index (χ2n) is 5.15. The van der Waals surface area contributed by atoms with Gasteiger partial charge in [-0.05, 0) is 12.1 Å². The zero-order valence-corrected chi connectivity index (χ0v) is 13.4. The lowest BCUT2D eigenvalue weighted by Gasteiger charge is -2.04. The Morgan fingerprint density at radius 1 is 0.769 bits per heavy atom. The van der Waals surface area contributed by atoms with E-state index in [1.54, 1.807) is 12.1 Å². The highest BCUT2D eigenvalue weighted by molar-refractivity contribution is 6.04. The van der Waals surface area contributed by atoms with Crippen molar-refractivity contribution in [3.63, 3.8) is 0 Å². The molecular weight excluding hydrogens is 336 g/mol. The van der Waals surface area contributed by atoms with E-state index in [0.717, 1.165) is 10.8 Å². The Kier molecular flexibility index (Phi) is 4.65. The number of urea groups is 2. The van der Waals surface area contributed by atoms with Gasteiger partial charge in [0.2, 0.25) is 0 Å². The van der Waals surface area contributed by atoms with Crippen LogP contribution in [0.3, 0.4) is 0 Å². The summed E-state index contributed by atoms with van der Waals surface area (Å²) in [5.41, 5.74) is 16.5. The van der Waals surface area contributed by atoms with E-state index in [1.807, 2.05) is 24.3 Å². The van der Waals surface area contributed by atoms with Crippen LogP contribution in [0.1, 0.15) is 11.4 Å². The number of primary amides is 2. The number of carbonyl (C=O) groups is 2. The maximum atomic E-state index is 10.7. The molecule has 0 spiro atoms. The summed E-state index contributed by atoms with van der Waals surface area (Å²) in [5, 5.41) is 9.16. The number of hydrogen-bond acceptors (Lipinski definition) is 6. The molecule has 10 nitrogen and oxygen atoms in total. The van der Waals surface area contributed by atoms with Gasteiger partial charge in [0, 0.05) is 10.8 Å². The molecule has 0 fully saturated rings. The van der Waals surface area contributed by atoms with Gasteiger partial charge >= 0.3 is 12.1 Å². The third-order valence-corrected chi connectivity index (χ3v) is 3.31. The second-order valence-corrected chi connectivity index (χ2v) is 5.15. The first-order valence-corrected chi connectivity index (χ1v) is 7.40. The first kappa shape index (κ1) is 16.8. The number of amides is 4. The van der Waals surface area contributed by atoms with Crippen LogP contribution >= 0.6 is 0 Å². The standard InChI is InChI=1S/C16H14N8O2/c17-15(25)23-19-7-11-5-3-9-1-2-10-4-6-12(8-20-24-16(18)26)22-14(10)13(9)21-11/h1-8H,(H3,17,23,25)(H3,18,24,26)/b19-7+,20-8+. The molecule has 10 heteroatoms. The van der Waals surface area contributed by atoms with Crippen molar-refractivity contribution in [2.24, 2.45) is 21.7 Å². The third kappa shape index (κ3) is 3.87. The number of fused-ring (bicyclic) bond motifs is 3. The lowest BCUT2D eigenvalue weighted by atomic mass is 10.1. The van der Waals surface area contributed by atoms with Crippen LogP contribution < -0.4 is 22.3 Å². The second kappa shape index (κ2) is 7.21. The Labute approximate surface area is 147 Å². The monoisotopic (exact) mass is 350 g/mol. The Morgan fingerprint density at radius 3 is 1.54 bits per heavy atom. The van der Waals surface area contributed by atoms with Crippen LogP contribution in [0, 0.1) is 0 Å². The summed E-state index contributed by atoms with van der Waals surface area (Å²) in [6.07, 6.45) is 2.76. The molecule has 2 heterocycles. The molecule has 6 N–H and O–H groups in total. The molecule has 0 unspecified atom stereocenters. The highest BCUT2D eigenvalue weighted by Gasteiger charge is 2.05. The summed E-state index contributed by atoms with van der Waals surface area (Å²) in [6.45, 7) is 0. The molecule has 1 aromatic carbocycles. The van der Waals surface area contributed by atoms with E-state index in [1.165, 1.54) is 12.4 Å². The molecule has 3 aromatic rings. The minimum atomic E-state index is -0.761. The van der Waals surface area contributed by atoms with E-state index in [0.29, 0.717) is 22.4 Å². The number of benzene rings is 1. The molecule has 0 radical (unpaired) electrons. The van der Waals surface area contributed by atoms with Crippen LogP contribution in [0.15, 0.2) is 46.6 Å². The molecule has 0 atom stereocenters. The average molecular weight is 350 g/mol. The highest BCUT2D eigenvalue weighted by Crippen LogP contribution is 2.22. The van der Waals surface area contributed by atoms with Crippen LogP contribution in [0.25, 0.3) is 21.8 Å². The molecule has 0 saturated carbocycles. The summed E-state index contributed by atoms with van der Waals surface area (Å²) in [6, 6.07) is 9.57. The van der Waals surface area contributed by atoms with Crippen molar-refractivity contribution >= 4 is 46.3 Å². The number of nitrogens with one attached hydrogen (secondary N) is 2. The maximum absolute atomic E-state index is 10.7. The van der Waals surface area contributed by atoms with Crippen molar-refractivity contribution in [2.75, 3.05) is 0 Å². The van der Waals surface area contributed by atoms with Crippen molar-refractivity contribution in [3.05, 3.63) is 47.8 Å². The van der Waals surface area contributed by atoms with Crippen LogP contribution in [0.4, 0.5) is 9.59 Å². The number of nitrogens with zero attached hydrogens (tertiary/aromatic N) is 4. The van der Waals surface area contributed by atoms with Crippen LogP contribution in [-0.2, 0) is 0 Å². The van der Waals surface area contributed by atoms with E-state index in [2.05, 4.69) is 31.0 Å². The minimum absolute atomic E-state index is 0.523. The molecule has 0 aliphatic heterocycles. The van der Waals surface area contributed by atoms with Gasteiger partial charge in [0.15, 0.2) is 0 Å². The van der Waals surface area contributed by atoms with Gasteiger partial charge in [0.1, 0.15) is 0 Å². The molecule has 0 aliphatic rings. The van der Waals surface area contributed by atoms with E-state index >= 15 is 0 Å². The van der Waals surface area contributed by atoms with Crippen molar-refractivity contribution in [3.8, 4) is 0 Å². The summed E-state index contributed by atoms with van der Waals surface area (Å²) in [7, 11) is 0. The number of carbonyl (C=O) groups excluding carboxylic acids is 2. The number of pyridine rings is 2. The van der Waals surface area contributed by atoms with Gasteiger partial charge in [-0.25, -0.2) is 30.4 Å². The highest BCUT2D eigenvalue weighted by atomic mass is 16.2. The van der Waals surface area contributed by atoms with Crippen molar-refractivity contribution in [2.45, 2.75) is 0 Å². The number of hydrogen-bond donors (Lipinski definition) is 4. The molecule has 0 bridgehead atoms. The van der Waals surface area contributed by atoms with Gasteiger partial charge in [-0.3, -0.25) is 0 Å². The fraction of sp³-hybridized carbons (Fsp3) is 0. The molecule has 0 aliphatic carbocycles. The number of nitrogens with two attached hydrogens (primary N) is 2. The Balaban J connectivity index is 2.03. The van der Waals surface area contributed by atoms with Gasteiger partial charge in [-0.1, -0.05) is 24.3 Å². The predicted molar refractivity (Wildman–Crippen MR) is 97.7 cm³/mol. The number of rotatable bonds is 4. The van der Waals surface area contributed by atoms with E-state index in [9.17, 15) is 9.59 Å². The lowest BCUT2D eigenvalue weighted by molar-refractivity contribution is 0.248. The molecule has 3 rings (SSSR count). The summed E-state index contributed by atoms with van der Waals surface area (Å²) >= 11 is 0. The van der Waals surface area contributed by atoms with Crippen molar-refractivity contribution in [1.29, 1.82) is 0 Å². The summed E-state index contributed by atoms with van der Waals surface area (Å²) < 4.78 is 0. The fourth-order valence-electron chi connectivity index (χ4n) is 2.27. The van der Waals surface area contributed by atoms with Gasteiger partial charge in [-0.15, -0.1) is 0 Å². The number of hydrazone groups is 2. The van der Waals surface area contributed by atoms with Gasteiger partial charge in [-0.2, -0.15) is 10.2 Å². The quantitative estimate of drug-likeness (QED) is 0.311. The Hall–Kier alpha value is -4.08. The smallest absolute Gasteiger partial charge is 0.332 e.